The van der Waals surface area contributed by atoms with E-state index in [2.05, 4.69) is 35.6 Å². The van der Waals surface area contributed by atoms with Crippen molar-refractivity contribution in [3.8, 4) is 17.2 Å². The van der Waals surface area contributed by atoms with Crippen LogP contribution in [-0.2, 0) is 19.6 Å². The number of methoxy groups -OCH3 is 1. The van der Waals surface area contributed by atoms with Crippen LogP contribution in [0.5, 0.6) is 17.2 Å². The van der Waals surface area contributed by atoms with Gasteiger partial charge in [-0.25, -0.2) is 0 Å². The van der Waals surface area contributed by atoms with Gasteiger partial charge in [0.15, 0.2) is 11.5 Å². The Hall–Kier alpha value is -2.69. The zero-order chi connectivity index (χ0) is 20.3. The number of hydrogen-bond donors (Lipinski definition) is 1. The Labute approximate surface area is 185 Å². The molecule has 0 aliphatic carbocycles. The van der Waals surface area contributed by atoms with Crippen LogP contribution in [0.3, 0.4) is 0 Å². The first-order chi connectivity index (χ1) is 14.3. The quantitative estimate of drug-likeness (QED) is 0.414. The average molecular weight is 428 g/mol. The monoisotopic (exact) mass is 427 g/mol. The van der Waals surface area contributed by atoms with Crippen LogP contribution in [0.2, 0.25) is 0 Å². The lowest BCUT2D eigenvalue weighted by molar-refractivity contribution is 0.266. The number of hydrogen-bond acceptors (Lipinski definition) is 4. The molecule has 0 spiro atoms. The van der Waals surface area contributed by atoms with Gasteiger partial charge in [0.1, 0.15) is 12.4 Å². The van der Waals surface area contributed by atoms with Crippen molar-refractivity contribution in [2.75, 3.05) is 20.3 Å². The maximum absolute atomic E-state index is 6.17. The van der Waals surface area contributed by atoms with Crippen molar-refractivity contribution in [1.82, 2.24) is 5.32 Å². The third kappa shape index (κ3) is 6.97. The van der Waals surface area contributed by atoms with Gasteiger partial charge in [-0.15, -0.1) is 12.4 Å². The first-order valence-corrected chi connectivity index (χ1v) is 10.0. The van der Waals surface area contributed by atoms with Crippen LogP contribution in [0.1, 0.15) is 23.6 Å². The van der Waals surface area contributed by atoms with Crippen molar-refractivity contribution in [3.05, 3.63) is 89.5 Å². The first-order valence-electron chi connectivity index (χ1n) is 10.0. The van der Waals surface area contributed by atoms with Crippen molar-refractivity contribution >= 4 is 12.4 Å². The van der Waals surface area contributed by atoms with Crippen molar-refractivity contribution < 1.29 is 14.2 Å². The molecule has 160 valence electrons. The fourth-order valence-corrected chi connectivity index (χ4v) is 3.11. The summed E-state index contributed by atoms with van der Waals surface area (Å²) in [4.78, 5) is 0. The molecule has 0 saturated carbocycles. The Morgan fingerprint density at radius 2 is 1.57 bits per heavy atom. The second kappa shape index (κ2) is 12.8. The Bertz CT molecular complexity index is 869. The number of para-hydroxylation sites is 1. The van der Waals surface area contributed by atoms with Gasteiger partial charge in [-0.2, -0.15) is 0 Å². The predicted molar refractivity (Wildman–Crippen MR) is 124 cm³/mol. The normalized spacial score (nSPS) is 10.2. The van der Waals surface area contributed by atoms with Crippen molar-refractivity contribution in [3.63, 3.8) is 0 Å². The van der Waals surface area contributed by atoms with E-state index in [1.54, 1.807) is 7.11 Å². The molecule has 30 heavy (non-hydrogen) atoms. The van der Waals surface area contributed by atoms with Gasteiger partial charge in [-0.3, -0.25) is 0 Å². The van der Waals surface area contributed by atoms with Crippen LogP contribution in [0, 0.1) is 0 Å². The standard InChI is InChI=1S/C25H29NO3.ClH/c1-3-28-24-11-7-10-22(25(24)29-19-21-8-5-4-6-9-21)18-26-17-16-20-12-14-23(27-2)15-13-20;/h4-15,26H,3,16-19H2,1-2H3;1H. The van der Waals surface area contributed by atoms with E-state index >= 15 is 0 Å². The molecule has 0 bridgehead atoms. The summed E-state index contributed by atoms with van der Waals surface area (Å²) in [6.45, 7) is 4.71. The Kier molecular flexibility index (Phi) is 10.1. The van der Waals surface area contributed by atoms with E-state index in [0.29, 0.717) is 13.2 Å². The molecule has 0 unspecified atom stereocenters. The van der Waals surface area contributed by atoms with Gasteiger partial charge in [0.25, 0.3) is 0 Å². The minimum Gasteiger partial charge on any atom is -0.497 e. The Morgan fingerprint density at radius 1 is 0.800 bits per heavy atom. The van der Waals surface area contributed by atoms with E-state index in [9.17, 15) is 0 Å². The highest BCUT2D eigenvalue weighted by atomic mass is 35.5. The van der Waals surface area contributed by atoms with Gasteiger partial charge >= 0.3 is 0 Å². The minimum atomic E-state index is 0. The molecule has 3 aromatic carbocycles. The van der Waals surface area contributed by atoms with Crippen LogP contribution >= 0.6 is 12.4 Å². The molecule has 0 radical (unpaired) electrons. The molecule has 3 rings (SSSR count). The zero-order valence-corrected chi connectivity index (χ0v) is 18.4. The zero-order valence-electron chi connectivity index (χ0n) is 17.6. The molecule has 0 aliphatic heterocycles. The molecule has 4 nitrogen and oxygen atoms in total. The van der Waals surface area contributed by atoms with Gasteiger partial charge in [0.05, 0.1) is 13.7 Å². The van der Waals surface area contributed by atoms with E-state index in [1.807, 2.05) is 49.4 Å². The van der Waals surface area contributed by atoms with Crippen LogP contribution in [-0.4, -0.2) is 20.3 Å². The number of benzene rings is 3. The van der Waals surface area contributed by atoms with Gasteiger partial charge in [-0.1, -0.05) is 54.6 Å². The average Bonchev–Trinajstić information content (AvgIpc) is 2.77. The molecule has 0 atom stereocenters. The molecule has 0 aliphatic rings. The second-order valence-electron chi connectivity index (χ2n) is 6.73. The summed E-state index contributed by atoms with van der Waals surface area (Å²) in [6, 6.07) is 24.4. The summed E-state index contributed by atoms with van der Waals surface area (Å²) in [5.41, 5.74) is 3.51. The lowest BCUT2D eigenvalue weighted by Crippen LogP contribution is -2.17. The fourth-order valence-electron chi connectivity index (χ4n) is 3.11. The van der Waals surface area contributed by atoms with Crippen LogP contribution in [0.4, 0.5) is 0 Å². The van der Waals surface area contributed by atoms with E-state index in [1.165, 1.54) is 5.56 Å². The third-order valence-electron chi connectivity index (χ3n) is 4.65. The Balaban J connectivity index is 0.00000320. The molecule has 1 N–H and O–H groups in total. The summed E-state index contributed by atoms with van der Waals surface area (Å²) >= 11 is 0. The smallest absolute Gasteiger partial charge is 0.166 e. The van der Waals surface area contributed by atoms with Crippen LogP contribution < -0.4 is 19.5 Å². The molecule has 0 fully saturated rings. The maximum Gasteiger partial charge on any atom is 0.166 e. The van der Waals surface area contributed by atoms with Crippen molar-refractivity contribution in [2.45, 2.75) is 26.5 Å². The van der Waals surface area contributed by atoms with Crippen molar-refractivity contribution in [2.24, 2.45) is 0 Å². The summed E-state index contributed by atoms with van der Waals surface area (Å²) in [7, 11) is 1.68. The number of nitrogens with one attached hydrogen (secondary N) is 1. The number of rotatable bonds is 11. The largest absolute Gasteiger partial charge is 0.497 e. The van der Waals surface area contributed by atoms with E-state index < -0.39 is 0 Å². The SMILES string of the molecule is CCOc1cccc(CNCCc2ccc(OC)cc2)c1OCc1ccccc1.Cl. The first kappa shape index (κ1) is 23.6. The van der Waals surface area contributed by atoms with Gasteiger partial charge in [-0.05, 0) is 49.2 Å². The third-order valence-corrected chi connectivity index (χ3v) is 4.65. The lowest BCUT2D eigenvalue weighted by Gasteiger charge is -2.16. The topological polar surface area (TPSA) is 39.7 Å². The summed E-state index contributed by atoms with van der Waals surface area (Å²) in [6.07, 6.45) is 0.954. The number of halogens is 1. The molecule has 5 heteroatoms. The Morgan fingerprint density at radius 3 is 2.27 bits per heavy atom. The molecule has 0 amide bonds. The summed E-state index contributed by atoms with van der Waals surface area (Å²) in [5, 5.41) is 3.52. The molecule has 3 aromatic rings. The van der Waals surface area contributed by atoms with Crippen molar-refractivity contribution in [1.29, 1.82) is 0 Å². The maximum atomic E-state index is 6.17. The fraction of sp³-hybridized carbons (Fsp3) is 0.280. The summed E-state index contributed by atoms with van der Waals surface area (Å²) < 4.78 is 17.2. The molecular weight excluding hydrogens is 398 g/mol. The van der Waals surface area contributed by atoms with E-state index in [4.69, 9.17) is 14.2 Å². The minimum absolute atomic E-state index is 0. The van der Waals surface area contributed by atoms with E-state index in [-0.39, 0.29) is 12.4 Å². The van der Waals surface area contributed by atoms with Crippen LogP contribution in [0.15, 0.2) is 72.8 Å². The van der Waals surface area contributed by atoms with Gasteiger partial charge in [0.2, 0.25) is 0 Å². The van der Waals surface area contributed by atoms with Crippen LogP contribution in [0.25, 0.3) is 0 Å². The second-order valence-corrected chi connectivity index (χ2v) is 6.73. The van der Waals surface area contributed by atoms with Gasteiger partial charge < -0.3 is 19.5 Å². The molecule has 0 heterocycles. The molecular formula is C25H30ClNO3. The summed E-state index contributed by atoms with van der Waals surface area (Å²) in [5.74, 6) is 2.49. The number of ether oxygens (including phenoxy) is 3. The lowest BCUT2D eigenvalue weighted by atomic mass is 10.1. The highest BCUT2D eigenvalue weighted by Gasteiger charge is 2.11. The van der Waals surface area contributed by atoms with E-state index in [0.717, 1.165) is 47.9 Å². The molecule has 0 aromatic heterocycles. The van der Waals surface area contributed by atoms with Gasteiger partial charge in [0, 0.05) is 12.1 Å². The highest BCUT2D eigenvalue weighted by molar-refractivity contribution is 5.85. The highest BCUT2D eigenvalue weighted by Crippen LogP contribution is 2.32. The molecule has 0 saturated heterocycles. The predicted octanol–water partition coefficient (Wildman–Crippen LogP) is 5.43.